The summed E-state index contributed by atoms with van der Waals surface area (Å²) in [5.41, 5.74) is 5.71. The van der Waals surface area contributed by atoms with Gasteiger partial charge < -0.3 is 0 Å². The highest BCUT2D eigenvalue weighted by Gasteiger charge is 2.18. The molecule has 20 heavy (non-hydrogen) atoms. The first-order valence-corrected chi connectivity index (χ1v) is 7.65. The van der Waals surface area contributed by atoms with Gasteiger partial charge in [-0.15, -0.1) is 0 Å². The molecule has 1 unspecified atom stereocenters. The van der Waals surface area contributed by atoms with Gasteiger partial charge in [0, 0.05) is 25.1 Å². The largest absolute Gasteiger partial charge is 0.297 e. The topological polar surface area (TPSA) is 12.4 Å². The highest BCUT2D eigenvalue weighted by molar-refractivity contribution is 5.63. The molecule has 0 bridgehead atoms. The predicted octanol–water partition coefficient (Wildman–Crippen LogP) is 5.09. The summed E-state index contributed by atoms with van der Waals surface area (Å²) in [7, 11) is 0. The van der Waals surface area contributed by atoms with Gasteiger partial charge in [-0.3, -0.25) is 4.99 Å². The fourth-order valence-corrected chi connectivity index (χ4v) is 2.63. The molecule has 0 amide bonds. The van der Waals surface area contributed by atoms with Crippen LogP contribution in [0.3, 0.4) is 0 Å². The lowest BCUT2D eigenvalue weighted by Gasteiger charge is -2.15. The van der Waals surface area contributed by atoms with Crippen LogP contribution >= 0.6 is 0 Å². The van der Waals surface area contributed by atoms with Gasteiger partial charge in [-0.05, 0) is 31.4 Å². The molecular weight excluding hydrogens is 242 g/mol. The van der Waals surface area contributed by atoms with E-state index in [1.807, 2.05) is 0 Å². The SMILES string of the molecule is CCCCN=CCc1ccccc1C1C=CC(C)=C1C. The Kier molecular flexibility index (Phi) is 5.34. The third kappa shape index (κ3) is 3.47. The summed E-state index contributed by atoms with van der Waals surface area (Å²) in [6, 6.07) is 8.76. The highest BCUT2D eigenvalue weighted by atomic mass is 14.7. The average Bonchev–Trinajstić information content (AvgIpc) is 2.79. The summed E-state index contributed by atoms with van der Waals surface area (Å²) in [5.74, 6) is 0.454. The minimum atomic E-state index is 0.454. The summed E-state index contributed by atoms with van der Waals surface area (Å²) in [6.45, 7) is 7.60. The molecule has 0 aromatic heterocycles. The Morgan fingerprint density at radius 2 is 2.00 bits per heavy atom. The molecule has 0 saturated carbocycles. The van der Waals surface area contributed by atoms with Gasteiger partial charge in [-0.2, -0.15) is 0 Å². The van der Waals surface area contributed by atoms with E-state index in [1.165, 1.54) is 35.1 Å². The van der Waals surface area contributed by atoms with Crippen molar-refractivity contribution in [2.45, 2.75) is 46.0 Å². The lowest BCUT2D eigenvalue weighted by atomic mass is 9.89. The first kappa shape index (κ1) is 14.8. The van der Waals surface area contributed by atoms with Gasteiger partial charge in [-0.25, -0.2) is 0 Å². The van der Waals surface area contributed by atoms with Crippen molar-refractivity contribution in [2.75, 3.05) is 6.54 Å². The Labute approximate surface area is 123 Å². The second-order valence-electron chi connectivity index (χ2n) is 5.55. The van der Waals surface area contributed by atoms with E-state index >= 15 is 0 Å². The number of hydrogen-bond acceptors (Lipinski definition) is 1. The lowest BCUT2D eigenvalue weighted by Crippen LogP contribution is -2.01. The predicted molar refractivity (Wildman–Crippen MR) is 88.7 cm³/mol. The number of rotatable bonds is 6. The van der Waals surface area contributed by atoms with Crippen LogP contribution in [0.4, 0.5) is 0 Å². The van der Waals surface area contributed by atoms with Gasteiger partial charge >= 0.3 is 0 Å². The Bertz CT molecular complexity index is 534. The molecule has 1 aromatic rings. The number of nitrogens with zero attached hydrogens (tertiary/aromatic N) is 1. The highest BCUT2D eigenvalue weighted by Crippen LogP contribution is 2.35. The van der Waals surface area contributed by atoms with E-state index in [9.17, 15) is 0 Å². The van der Waals surface area contributed by atoms with Crippen molar-refractivity contribution in [3.8, 4) is 0 Å². The van der Waals surface area contributed by atoms with E-state index in [4.69, 9.17) is 0 Å². The summed E-state index contributed by atoms with van der Waals surface area (Å²) in [4.78, 5) is 4.50. The van der Waals surface area contributed by atoms with Crippen LogP contribution in [0.2, 0.25) is 0 Å². The van der Waals surface area contributed by atoms with Crippen LogP contribution in [0.25, 0.3) is 0 Å². The minimum absolute atomic E-state index is 0.454. The number of hydrogen-bond donors (Lipinski definition) is 0. The van der Waals surface area contributed by atoms with E-state index < -0.39 is 0 Å². The zero-order chi connectivity index (χ0) is 14.4. The molecule has 106 valence electrons. The quantitative estimate of drug-likeness (QED) is 0.503. The van der Waals surface area contributed by atoms with Gasteiger partial charge in [0.05, 0.1) is 0 Å². The van der Waals surface area contributed by atoms with Crippen LogP contribution in [0.5, 0.6) is 0 Å². The fraction of sp³-hybridized carbons (Fsp3) is 0.421. The summed E-state index contributed by atoms with van der Waals surface area (Å²) < 4.78 is 0. The van der Waals surface area contributed by atoms with Gasteiger partial charge in [0.15, 0.2) is 0 Å². The first-order chi connectivity index (χ1) is 9.74. The van der Waals surface area contributed by atoms with Crippen molar-refractivity contribution in [3.63, 3.8) is 0 Å². The van der Waals surface area contributed by atoms with Crippen molar-refractivity contribution in [1.29, 1.82) is 0 Å². The molecule has 2 rings (SSSR count). The fourth-order valence-electron chi connectivity index (χ4n) is 2.63. The summed E-state index contributed by atoms with van der Waals surface area (Å²) in [5, 5.41) is 0. The van der Waals surface area contributed by atoms with Crippen LogP contribution in [0.15, 0.2) is 52.6 Å². The normalized spacial score (nSPS) is 18.4. The molecule has 0 aliphatic heterocycles. The van der Waals surface area contributed by atoms with Crippen LogP contribution < -0.4 is 0 Å². The number of unbranched alkanes of at least 4 members (excludes halogenated alkanes) is 1. The standard InChI is InChI=1S/C19H25N/c1-4-5-13-20-14-12-17-8-6-7-9-19(17)18-11-10-15(2)16(18)3/h6-11,14,18H,4-5,12-13H2,1-3H3. The van der Waals surface area contributed by atoms with Crippen molar-refractivity contribution in [1.82, 2.24) is 0 Å². The molecule has 1 aliphatic rings. The third-order valence-corrected chi connectivity index (χ3v) is 4.10. The second-order valence-corrected chi connectivity index (χ2v) is 5.55. The maximum atomic E-state index is 4.50. The zero-order valence-corrected chi connectivity index (χ0v) is 12.9. The molecule has 1 nitrogen and oxygen atoms in total. The Morgan fingerprint density at radius 3 is 2.70 bits per heavy atom. The van der Waals surface area contributed by atoms with Gasteiger partial charge in [0.25, 0.3) is 0 Å². The molecule has 0 fully saturated rings. The smallest absolute Gasteiger partial charge is 0.0385 e. The number of benzene rings is 1. The third-order valence-electron chi connectivity index (χ3n) is 4.10. The van der Waals surface area contributed by atoms with E-state index in [1.54, 1.807) is 0 Å². The minimum Gasteiger partial charge on any atom is -0.297 e. The molecule has 0 N–H and O–H groups in total. The monoisotopic (exact) mass is 267 g/mol. The molecule has 0 saturated heterocycles. The van der Waals surface area contributed by atoms with Gasteiger partial charge in [0.2, 0.25) is 0 Å². The summed E-state index contributed by atoms with van der Waals surface area (Å²) >= 11 is 0. The van der Waals surface area contributed by atoms with E-state index in [-0.39, 0.29) is 0 Å². The molecule has 0 heterocycles. The van der Waals surface area contributed by atoms with Crippen LogP contribution in [-0.2, 0) is 6.42 Å². The molecule has 1 atom stereocenters. The van der Waals surface area contributed by atoms with Crippen molar-refractivity contribution < 1.29 is 0 Å². The lowest BCUT2D eigenvalue weighted by molar-refractivity contribution is 0.809. The zero-order valence-electron chi connectivity index (χ0n) is 12.9. The van der Waals surface area contributed by atoms with Gasteiger partial charge in [-0.1, -0.05) is 60.9 Å². The first-order valence-electron chi connectivity index (χ1n) is 7.65. The average molecular weight is 267 g/mol. The maximum Gasteiger partial charge on any atom is 0.0385 e. The number of allylic oxidation sites excluding steroid dienone is 4. The van der Waals surface area contributed by atoms with E-state index in [0.29, 0.717) is 5.92 Å². The Balaban J connectivity index is 2.11. The molecule has 1 aromatic carbocycles. The molecule has 1 heteroatoms. The van der Waals surface area contributed by atoms with E-state index in [0.717, 1.165) is 13.0 Å². The maximum absolute atomic E-state index is 4.50. The molecule has 0 radical (unpaired) electrons. The molecular formula is C19H25N. The van der Waals surface area contributed by atoms with E-state index in [2.05, 4.69) is 68.4 Å². The van der Waals surface area contributed by atoms with Crippen LogP contribution in [0, 0.1) is 0 Å². The second kappa shape index (κ2) is 7.23. The van der Waals surface area contributed by atoms with Gasteiger partial charge in [0.1, 0.15) is 0 Å². The Morgan fingerprint density at radius 1 is 1.20 bits per heavy atom. The van der Waals surface area contributed by atoms with Crippen molar-refractivity contribution in [3.05, 3.63) is 58.7 Å². The van der Waals surface area contributed by atoms with Crippen LogP contribution in [0.1, 0.15) is 50.7 Å². The summed E-state index contributed by atoms with van der Waals surface area (Å²) in [6.07, 6.45) is 9.98. The van der Waals surface area contributed by atoms with Crippen molar-refractivity contribution in [2.24, 2.45) is 4.99 Å². The van der Waals surface area contributed by atoms with Crippen molar-refractivity contribution >= 4 is 6.21 Å². The number of aliphatic imine (C=N–C) groups is 1. The molecule has 1 aliphatic carbocycles. The Hall–Kier alpha value is -1.63. The van der Waals surface area contributed by atoms with Crippen LogP contribution in [-0.4, -0.2) is 12.8 Å². The molecule has 0 spiro atoms.